The van der Waals surface area contributed by atoms with E-state index in [1.165, 1.54) is 0 Å². The molecular formula is C24H30N2O5. The number of carbonyl (C=O) groups excluding carboxylic acids is 2. The maximum Gasteiger partial charge on any atom is 0.255 e. The summed E-state index contributed by atoms with van der Waals surface area (Å²) < 4.78 is 16.3. The summed E-state index contributed by atoms with van der Waals surface area (Å²) in [6.45, 7) is 6.90. The summed E-state index contributed by atoms with van der Waals surface area (Å²) in [5.41, 5.74) is 2.83. The number of hydrogen-bond donors (Lipinski definition) is 1. The van der Waals surface area contributed by atoms with Gasteiger partial charge in [-0.1, -0.05) is 18.2 Å². The third-order valence-corrected chi connectivity index (χ3v) is 5.13. The van der Waals surface area contributed by atoms with Crippen LogP contribution in [0.3, 0.4) is 0 Å². The van der Waals surface area contributed by atoms with E-state index >= 15 is 0 Å². The summed E-state index contributed by atoms with van der Waals surface area (Å²) in [7, 11) is 1.61. The Bertz CT molecular complexity index is 928. The van der Waals surface area contributed by atoms with Crippen molar-refractivity contribution in [1.29, 1.82) is 0 Å². The Hall–Kier alpha value is -3.06. The van der Waals surface area contributed by atoms with E-state index in [0.717, 1.165) is 11.1 Å². The number of fused-ring (bicyclic) bond motifs is 1. The average Bonchev–Trinajstić information content (AvgIpc) is 3.10. The van der Waals surface area contributed by atoms with E-state index in [1.54, 1.807) is 18.1 Å². The second-order valence-electron chi connectivity index (χ2n) is 7.21. The SMILES string of the molecule is CCOc1ccc(CCNC(=O)c2cccc3c2C(=O)N(CCOC)C3)cc1OCC. The van der Waals surface area contributed by atoms with E-state index in [-0.39, 0.29) is 11.8 Å². The standard InChI is InChI=1S/C24H30N2O5/c1-4-30-20-10-9-17(15-21(20)31-5-2)11-12-25-23(27)19-8-6-7-18-16-26(13-14-29-3)24(28)22(18)19/h6-10,15H,4-5,11-14,16H2,1-3H3,(H,25,27). The van der Waals surface area contributed by atoms with Crippen molar-refractivity contribution in [1.82, 2.24) is 10.2 Å². The van der Waals surface area contributed by atoms with E-state index in [0.29, 0.717) is 68.5 Å². The highest BCUT2D eigenvalue weighted by atomic mass is 16.5. The van der Waals surface area contributed by atoms with Crippen LogP contribution in [-0.2, 0) is 17.7 Å². The van der Waals surface area contributed by atoms with Crippen LogP contribution >= 0.6 is 0 Å². The number of amides is 2. The number of nitrogens with one attached hydrogen (secondary N) is 1. The van der Waals surface area contributed by atoms with Gasteiger partial charge in [-0.3, -0.25) is 9.59 Å². The molecule has 0 aliphatic carbocycles. The molecule has 2 amide bonds. The molecule has 0 radical (unpaired) electrons. The number of methoxy groups -OCH3 is 1. The molecule has 0 unspecified atom stereocenters. The highest BCUT2D eigenvalue weighted by Crippen LogP contribution is 2.29. The minimum Gasteiger partial charge on any atom is -0.490 e. The molecule has 0 spiro atoms. The molecule has 1 heterocycles. The minimum atomic E-state index is -0.241. The minimum absolute atomic E-state index is 0.120. The molecule has 31 heavy (non-hydrogen) atoms. The Morgan fingerprint density at radius 3 is 2.61 bits per heavy atom. The van der Waals surface area contributed by atoms with Gasteiger partial charge < -0.3 is 24.4 Å². The van der Waals surface area contributed by atoms with Crippen molar-refractivity contribution >= 4 is 11.8 Å². The molecule has 0 aromatic heterocycles. The van der Waals surface area contributed by atoms with E-state index in [1.807, 2.05) is 44.2 Å². The van der Waals surface area contributed by atoms with Crippen molar-refractivity contribution in [2.45, 2.75) is 26.8 Å². The lowest BCUT2D eigenvalue weighted by molar-refractivity contribution is 0.0715. The van der Waals surface area contributed by atoms with Gasteiger partial charge in [-0.15, -0.1) is 0 Å². The molecule has 2 aromatic carbocycles. The van der Waals surface area contributed by atoms with Crippen molar-refractivity contribution < 1.29 is 23.8 Å². The molecule has 166 valence electrons. The highest BCUT2D eigenvalue weighted by Gasteiger charge is 2.31. The van der Waals surface area contributed by atoms with Gasteiger partial charge in [0.25, 0.3) is 11.8 Å². The lowest BCUT2D eigenvalue weighted by Crippen LogP contribution is -2.30. The number of rotatable bonds is 11. The second-order valence-corrected chi connectivity index (χ2v) is 7.21. The Kier molecular flexibility index (Phi) is 7.89. The quantitative estimate of drug-likeness (QED) is 0.598. The average molecular weight is 427 g/mol. The number of hydrogen-bond acceptors (Lipinski definition) is 5. The number of nitrogens with zero attached hydrogens (tertiary/aromatic N) is 1. The van der Waals surface area contributed by atoms with E-state index in [9.17, 15) is 9.59 Å². The van der Waals surface area contributed by atoms with Crippen LogP contribution in [0.5, 0.6) is 11.5 Å². The first-order valence-electron chi connectivity index (χ1n) is 10.7. The Labute approximate surface area is 183 Å². The van der Waals surface area contributed by atoms with Gasteiger partial charge in [-0.2, -0.15) is 0 Å². The first-order valence-corrected chi connectivity index (χ1v) is 10.7. The van der Waals surface area contributed by atoms with Crippen LogP contribution in [-0.4, -0.2) is 56.7 Å². The Morgan fingerprint density at radius 2 is 1.87 bits per heavy atom. The summed E-state index contributed by atoms with van der Waals surface area (Å²) in [5, 5.41) is 2.94. The molecule has 1 aliphatic rings. The van der Waals surface area contributed by atoms with Crippen LogP contribution in [0, 0.1) is 0 Å². The molecule has 0 saturated carbocycles. The predicted octanol–water partition coefficient (Wildman–Crippen LogP) is 3.06. The molecular weight excluding hydrogens is 396 g/mol. The zero-order chi connectivity index (χ0) is 22.2. The molecule has 1 N–H and O–H groups in total. The van der Waals surface area contributed by atoms with Gasteiger partial charge >= 0.3 is 0 Å². The number of benzene rings is 2. The lowest BCUT2D eigenvalue weighted by atomic mass is 10.0. The largest absolute Gasteiger partial charge is 0.490 e. The van der Waals surface area contributed by atoms with Crippen LogP contribution in [0.1, 0.15) is 45.7 Å². The zero-order valence-corrected chi connectivity index (χ0v) is 18.4. The maximum absolute atomic E-state index is 12.8. The van der Waals surface area contributed by atoms with E-state index in [2.05, 4.69) is 5.32 Å². The highest BCUT2D eigenvalue weighted by molar-refractivity contribution is 6.09. The summed E-state index contributed by atoms with van der Waals surface area (Å²) in [4.78, 5) is 27.3. The van der Waals surface area contributed by atoms with Crippen molar-refractivity contribution in [2.24, 2.45) is 0 Å². The van der Waals surface area contributed by atoms with Gasteiger partial charge in [-0.25, -0.2) is 0 Å². The molecule has 0 saturated heterocycles. The summed E-state index contributed by atoms with van der Waals surface area (Å²) in [6.07, 6.45) is 0.640. The van der Waals surface area contributed by atoms with Gasteiger partial charge in [0.2, 0.25) is 0 Å². The van der Waals surface area contributed by atoms with Crippen LogP contribution in [0.15, 0.2) is 36.4 Å². The van der Waals surface area contributed by atoms with Crippen molar-refractivity contribution in [3.8, 4) is 11.5 Å². The van der Waals surface area contributed by atoms with Crippen LogP contribution in [0.4, 0.5) is 0 Å². The van der Waals surface area contributed by atoms with Crippen molar-refractivity contribution in [3.05, 3.63) is 58.7 Å². The van der Waals surface area contributed by atoms with Crippen LogP contribution in [0.25, 0.3) is 0 Å². The normalized spacial score (nSPS) is 12.6. The van der Waals surface area contributed by atoms with Gasteiger partial charge in [0, 0.05) is 26.7 Å². The van der Waals surface area contributed by atoms with Gasteiger partial charge in [-0.05, 0) is 49.6 Å². The number of ether oxygens (including phenoxy) is 3. The predicted molar refractivity (Wildman–Crippen MR) is 118 cm³/mol. The molecule has 7 nitrogen and oxygen atoms in total. The van der Waals surface area contributed by atoms with Crippen molar-refractivity contribution in [2.75, 3.05) is 40.0 Å². The zero-order valence-electron chi connectivity index (χ0n) is 18.4. The summed E-state index contributed by atoms with van der Waals surface area (Å²) in [6, 6.07) is 11.2. The molecule has 3 rings (SSSR count). The van der Waals surface area contributed by atoms with Crippen LogP contribution < -0.4 is 14.8 Å². The first-order chi connectivity index (χ1) is 15.1. The first kappa shape index (κ1) is 22.6. The lowest BCUT2D eigenvalue weighted by Gasteiger charge is -2.14. The summed E-state index contributed by atoms with van der Waals surface area (Å²) in [5.74, 6) is 1.06. The maximum atomic E-state index is 12.8. The third kappa shape index (κ3) is 5.35. The molecule has 1 aliphatic heterocycles. The molecule has 0 atom stereocenters. The van der Waals surface area contributed by atoms with Crippen LogP contribution in [0.2, 0.25) is 0 Å². The van der Waals surface area contributed by atoms with E-state index in [4.69, 9.17) is 14.2 Å². The molecule has 7 heteroatoms. The monoisotopic (exact) mass is 426 g/mol. The number of carbonyl (C=O) groups is 2. The van der Waals surface area contributed by atoms with Crippen molar-refractivity contribution in [3.63, 3.8) is 0 Å². The van der Waals surface area contributed by atoms with E-state index < -0.39 is 0 Å². The smallest absolute Gasteiger partial charge is 0.255 e. The molecule has 0 fully saturated rings. The Morgan fingerprint density at radius 1 is 1.10 bits per heavy atom. The summed E-state index contributed by atoms with van der Waals surface area (Å²) >= 11 is 0. The Balaban J connectivity index is 1.64. The van der Waals surface area contributed by atoms with Gasteiger partial charge in [0.15, 0.2) is 11.5 Å². The second kappa shape index (κ2) is 10.8. The fourth-order valence-corrected chi connectivity index (χ4v) is 3.66. The fourth-order valence-electron chi connectivity index (χ4n) is 3.66. The van der Waals surface area contributed by atoms with Gasteiger partial charge in [0.05, 0.1) is 30.9 Å². The van der Waals surface area contributed by atoms with Gasteiger partial charge in [0.1, 0.15) is 0 Å². The molecule has 2 aromatic rings. The third-order valence-electron chi connectivity index (χ3n) is 5.13. The topological polar surface area (TPSA) is 77.1 Å². The fraction of sp³-hybridized carbons (Fsp3) is 0.417. The molecule has 0 bridgehead atoms.